The lowest BCUT2D eigenvalue weighted by Gasteiger charge is -2.26. The van der Waals surface area contributed by atoms with Gasteiger partial charge in [-0.3, -0.25) is 0 Å². The van der Waals surface area contributed by atoms with Crippen LogP contribution in [-0.4, -0.2) is 26.5 Å². The summed E-state index contributed by atoms with van der Waals surface area (Å²) in [5.41, 5.74) is 7.30. The third-order valence-electron chi connectivity index (χ3n) is 3.24. The average Bonchev–Trinajstić information content (AvgIpc) is 2.39. The predicted molar refractivity (Wildman–Crippen MR) is 75.5 cm³/mol. The van der Waals surface area contributed by atoms with Crippen LogP contribution < -0.4 is 10.6 Å². The van der Waals surface area contributed by atoms with Crippen LogP contribution in [0.15, 0.2) is 24.3 Å². The van der Waals surface area contributed by atoms with Crippen molar-refractivity contribution in [2.75, 3.05) is 13.1 Å². The quantitative estimate of drug-likeness (QED) is 0.844. The first-order valence-electron chi connectivity index (χ1n) is 6.62. The second-order valence-corrected chi connectivity index (χ2v) is 6.62. The molecule has 1 fully saturated rings. The third kappa shape index (κ3) is 4.58. The molecule has 6 heteroatoms. The van der Waals surface area contributed by atoms with Crippen molar-refractivity contribution in [2.24, 2.45) is 5.73 Å². The lowest BCUT2D eigenvalue weighted by Crippen LogP contribution is -2.45. The Labute approximate surface area is 114 Å². The molecule has 3 N–H and O–H groups in total. The van der Waals surface area contributed by atoms with Crippen LogP contribution in [0, 0.1) is 0 Å². The second kappa shape index (κ2) is 6.47. The van der Waals surface area contributed by atoms with Gasteiger partial charge in [-0.25, -0.2) is 13.4 Å². The molecule has 106 valence electrons. The van der Waals surface area contributed by atoms with E-state index in [0.717, 1.165) is 37.1 Å². The summed E-state index contributed by atoms with van der Waals surface area (Å²) < 4.78 is 24.1. The summed E-state index contributed by atoms with van der Waals surface area (Å²) in [7, 11) is -3.31. The molecular formula is C13H21N3O2S. The number of benzene rings is 1. The number of hydrogen-bond acceptors (Lipinski definition) is 4. The normalized spacial score (nSPS) is 17.5. The molecule has 0 saturated carbocycles. The molecule has 19 heavy (non-hydrogen) atoms. The number of nitrogens with one attached hydrogen (secondary N) is 1. The van der Waals surface area contributed by atoms with Crippen LogP contribution in [0.4, 0.5) is 0 Å². The molecular weight excluding hydrogens is 262 g/mol. The van der Waals surface area contributed by atoms with Gasteiger partial charge in [0.15, 0.2) is 0 Å². The smallest absolute Gasteiger partial charge is 0.228 e. The number of hydrazine groups is 1. The minimum absolute atomic E-state index is 0.00829. The number of rotatable bonds is 5. The Morgan fingerprint density at radius 3 is 2.21 bits per heavy atom. The van der Waals surface area contributed by atoms with Gasteiger partial charge in [0.2, 0.25) is 10.0 Å². The fourth-order valence-electron chi connectivity index (χ4n) is 2.21. The zero-order valence-corrected chi connectivity index (χ0v) is 11.8. The minimum Gasteiger partial charge on any atom is -0.326 e. The van der Waals surface area contributed by atoms with Crippen molar-refractivity contribution in [2.45, 2.75) is 31.6 Å². The lowest BCUT2D eigenvalue weighted by molar-refractivity contribution is 0.200. The zero-order valence-electron chi connectivity index (χ0n) is 11.0. The van der Waals surface area contributed by atoms with Gasteiger partial charge in [0.05, 0.1) is 5.75 Å². The molecule has 5 nitrogen and oxygen atoms in total. The molecule has 0 radical (unpaired) electrons. The maximum atomic E-state index is 12.0. The fraction of sp³-hybridized carbons (Fsp3) is 0.538. The largest absolute Gasteiger partial charge is 0.326 e. The van der Waals surface area contributed by atoms with Crippen molar-refractivity contribution >= 4 is 10.0 Å². The van der Waals surface area contributed by atoms with Crippen molar-refractivity contribution in [3.8, 4) is 0 Å². The van der Waals surface area contributed by atoms with E-state index in [1.165, 1.54) is 6.42 Å². The van der Waals surface area contributed by atoms with Gasteiger partial charge in [0.25, 0.3) is 0 Å². The van der Waals surface area contributed by atoms with Crippen molar-refractivity contribution < 1.29 is 8.42 Å². The highest BCUT2D eigenvalue weighted by Crippen LogP contribution is 2.10. The SMILES string of the molecule is NCc1ccc(CS(=O)(=O)NN2CCCCC2)cc1. The molecule has 1 aromatic carbocycles. The fourth-order valence-corrected chi connectivity index (χ4v) is 3.48. The number of nitrogens with two attached hydrogens (primary N) is 1. The van der Waals surface area contributed by atoms with Crippen LogP contribution >= 0.6 is 0 Å². The van der Waals surface area contributed by atoms with Crippen LogP contribution in [-0.2, 0) is 22.3 Å². The van der Waals surface area contributed by atoms with Crippen LogP contribution in [0.3, 0.4) is 0 Å². The summed E-state index contributed by atoms with van der Waals surface area (Å²) in [4.78, 5) is 2.65. The van der Waals surface area contributed by atoms with Crippen molar-refractivity contribution in [3.05, 3.63) is 35.4 Å². The molecule has 0 spiro atoms. The van der Waals surface area contributed by atoms with Gasteiger partial charge >= 0.3 is 0 Å². The predicted octanol–water partition coefficient (Wildman–Crippen LogP) is 0.966. The van der Waals surface area contributed by atoms with Crippen molar-refractivity contribution in [1.82, 2.24) is 9.84 Å². The molecule has 1 saturated heterocycles. The van der Waals surface area contributed by atoms with Gasteiger partial charge in [-0.05, 0) is 24.0 Å². The van der Waals surface area contributed by atoms with E-state index in [2.05, 4.69) is 4.83 Å². The second-order valence-electron chi connectivity index (χ2n) is 4.92. The number of piperidine rings is 1. The third-order valence-corrected chi connectivity index (χ3v) is 4.49. The first kappa shape index (κ1) is 14.5. The van der Waals surface area contributed by atoms with Gasteiger partial charge < -0.3 is 5.73 Å². The Morgan fingerprint density at radius 2 is 1.63 bits per heavy atom. The van der Waals surface area contributed by atoms with E-state index in [-0.39, 0.29) is 5.75 Å². The average molecular weight is 283 g/mol. The highest BCUT2D eigenvalue weighted by Gasteiger charge is 2.18. The lowest BCUT2D eigenvalue weighted by atomic mass is 10.1. The Hall–Kier alpha value is -0.950. The Balaban J connectivity index is 1.95. The molecule has 2 rings (SSSR count). The summed E-state index contributed by atoms with van der Waals surface area (Å²) in [6, 6.07) is 7.37. The summed E-state index contributed by atoms with van der Waals surface area (Å²) in [6.45, 7) is 2.07. The van der Waals surface area contributed by atoms with E-state index in [0.29, 0.717) is 6.54 Å². The summed E-state index contributed by atoms with van der Waals surface area (Å²) in [6.07, 6.45) is 3.28. The summed E-state index contributed by atoms with van der Waals surface area (Å²) in [5, 5.41) is 1.80. The van der Waals surface area contributed by atoms with Gasteiger partial charge in [-0.2, -0.15) is 0 Å². The highest BCUT2D eigenvalue weighted by molar-refractivity contribution is 7.88. The Morgan fingerprint density at radius 1 is 1.05 bits per heavy atom. The number of sulfonamides is 1. The Bertz CT molecular complexity index is 493. The monoisotopic (exact) mass is 283 g/mol. The molecule has 1 aliphatic rings. The van der Waals surface area contributed by atoms with E-state index < -0.39 is 10.0 Å². The van der Waals surface area contributed by atoms with Crippen LogP contribution in [0.2, 0.25) is 0 Å². The molecule has 0 aliphatic carbocycles. The van der Waals surface area contributed by atoms with Crippen LogP contribution in [0.5, 0.6) is 0 Å². The molecule has 0 bridgehead atoms. The van der Waals surface area contributed by atoms with Gasteiger partial charge in [0, 0.05) is 19.6 Å². The van der Waals surface area contributed by atoms with Crippen LogP contribution in [0.25, 0.3) is 0 Å². The summed E-state index contributed by atoms with van der Waals surface area (Å²) in [5.74, 6) is 0.00829. The highest BCUT2D eigenvalue weighted by atomic mass is 32.2. The number of nitrogens with zero attached hydrogens (tertiary/aromatic N) is 1. The van der Waals surface area contributed by atoms with Crippen molar-refractivity contribution in [3.63, 3.8) is 0 Å². The van der Waals surface area contributed by atoms with E-state index in [4.69, 9.17) is 5.73 Å². The van der Waals surface area contributed by atoms with Crippen molar-refractivity contribution in [1.29, 1.82) is 0 Å². The van der Waals surface area contributed by atoms with E-state index in [1.807, 2.05) is 24.3 Å². The van der Waals surface area contributed by atoms with Gasteiger partial charge in [-0.1, -0.05) is 30.7 Å². The van der Waals surface area contributed by atoms with Gasteiger partial charge in [-0.15, -0.1) is 4.83 Å². The number of hydrogen-bond donors (Lipinski definition) is 2. The van der Waals surface area contributed by atoms with Crippen LogP contribution in [0.1, 0.15) is 30.4 Å². The summed E-state index contributed by atoms with van der Waals surface area (Å²) >= 11 is 0. The maximum Gasteiger partial charge on any atom is 0.228 e. The zero-order chi connectivity index (χ0) is 13.7. The first-order valence-corrected chi connectivity index (χ1v) is 8.27. The molecule has 1 aromatic rings. The van der Waals surface area contributed by atoms with E-state index in [1.54, 1.807) is 5.01 Å². The molecule has 0 unspecified atom stereocenters. The molecule has 1 heterocycles. The minimum atomic E-state index is -3.31. The molecule has 1 aliphatic heterocycles. The first-order chi connectivity index (χ1) is 9.09. The van der Waals surface area contributed by atoms with Gasteiger partial charge in [0.1, 0.15) is 0 Å². The molecule has 0 aromatic heterocycles. The van der Waals surface area contributed by atoms with E-state index in [9.17, 15) is 8.42 Å². The Kier molecular flexibility index (Phi) is 4.93. The standard InChI is InChI=1S/C13H21N3O2S/c14-10-12-4-6-13(7-5-12)11-19(17,18)15-16-8-2-1-3-9-16/h4-7,15H,1-3,8-11,14H2. The molecule has 0 atom stereocenters. The van der Waals surface area contributed by atoms with E-state index >= 15 is 0 Å². The maximum absolute atomic E-state index is 12.0. The topological polar surface area (TPSA) is 75.4 Å². The molecule has 0 amide bonds.